The van der Waals surface area contributed by atoms with Crippen molar-refractivity contribution in [3.8, 4) is 0 Å². The monoisotopic (exact) mass is 375 g/mol. The van der Waals surface area contributed by atoms with E-state index in [4.69, 9.17) is 4.74 Å². The predicted octanol–water partition coefficient (Wildman–Crippen LogP) is 2.81. The highest BCUT2D eigenvalue weighted by Gasteiger charge is 2.41. The minimum Gasteiger partial charge on any atom is -0.375 e. The molecule has 0 aromatic heterocycles. The molecule has 1 aliphatic rings. The summed E-state index contributed by atoms with van der Waals surface area (Å²) in [5.74, 6) is 0. The standard InChI is InChI=1S/C15H22BrNO3S/c1-12-10-17(15(2,3)11-20-12)21(18,19)14-6-4-13(5-7-14)8-9-16/h4-7,12H,8-11H2,1-3H3. The van der Waals surface area contributed by atoms with Crippen LogP contribution in [0.1, 0.15) is 26.3 Å². The minimum atomic E-state index is -3.49. The number of nitrogens with zero attached hydrogens (tertiary/aromatic N) is 1. The maximum absolute atomic E-state index is 12.9. The van der Waals surface area contributed by atoms with Crippen molar-refractivity contribution in [2.75, 3.05) is 18.5 Å². The van der Waals surface area contributed by atoms with Gasteiger partial charge in [-0.15, -0.1) is 0 Å². The molecule has 1 heterocycles. The molecule has 0 amide bonds. The summed E-state index contributed by atoms with van der Waals surface area (Å²) in [4.78, 5) is 0.350. The first-order valence-corrected chi connectivity index (χ1v) is 9.63. The van der Waals surface area contributed by atoms with Crippen molar-refractivity contribution in [3.05, 3.63) is 29.8 Å². The first-order chi connectivity index (χ1) is 9.77. The zero-order valence-electron chi connectivity index (χ0n) is 12.7. The van der Waals surface area contributed by atoms with Gasteiger partial charge in [-0.3, -0.25) is 0 Å². The lowest BCUT2D eigenvalue weighted by Gasteiger charge is -2.43. The highest BCUT2D eigenvalue weighted by atomic mass is 79.9. The predicted molar refractivity (Wildman–Crippen MR) is 87.3 cm³/mol. The molecular formula is C15H22BrNO3S. The first-order valence-electron chi connectivity index (χ1n) is 7.07. The molecule has 1 atom stereocenters. The third-order valence-electron chi connectivity index (χ3n) is 3.71. The van der Waals surface area contributed by atoms with E-state index in [-0.39, 0.29) is 6.10 Å². The Kier molecular flexibility index (Phi) is 5.13. The molecule has 0 aliphatic carbocycles. The average Bonchev–Trinajstić information content (AvgIpc) is 2.42. The molecule has 1 unspecified atom stereocenters. The maximum Gasteiger partial charge on any atom is 0.243 e. The van der Waals surface area contributed by atoms with Gasteiger partial charge < -0.3 is 4.74 Å². The molecule has 1 saturated heterocycles. The van der Waals surface area contributed by atoms with E-state index in [0.29, 0.717) is 18.0 Å². The van der Waals surface area contributed by atoms with Gasteiger partial charge in [0.05, 0.1) is 23.1 Å². The van der Waals surface area contributed by atoms with Gasteiger partial charge >= 0.3 is 0 Å². The molecule has 0 N–H and O–H groups in total. The number of morpholine rings is 1. The average molecular weight is 376 g/mol. The van der Waals surface area contributed by atoms with Crippen LogP contribution in [0.15, 0.2) is 29.2 Å². The van der Waals surface area contributed by atoms with E-state index in [9.17, 15) is 8.42 Å². The number of ether oxygens (including phenoxy) is 1. The van der Waals surface area contributed by atoms with E-state index in [1.807, 2.05) is 32.9 Å². The lowest BCUT2D eigenvalue weighted by Crippen LogP contribution is -2.57. The van der Waals surface area contributed by atoms with Crippen LogP contribution in [-0.2, 0) is 21.2 Å². The van der Waals surface area contributed by atoms with E-state index in [0.717, 1.165) is 17.3 Å². The molecule has 1 aromatic carbocycles. The van der Waals surface area contributed by atoms with Crippen molar-refractivity contribution in [1.29, 1.82) is 0 Å². The van der Waals surface area contributed by atoms with Crippen molar-refractivity contribution >= 4 is 26.0 Å². The SMILES string of the molecule is CC1CN(S(=O)(=O)c2ccc(CCBr)cc2)C(C)(C)CO1. The Labute approximate surface area is 135 Å². The second-order valence-electron chi connectivity index (χ2n) is 6.05. The number of halogens is 1. The Morgan fingerprint density at radius 3 is 2.52 bits per heavy atom. The number of sulfonamides is 1. The first kappa shape index (κ1) is 16.9. The van der Waals surface area contributed by atoms with E-state index in [1.54, 1.807) is 16.4 Å². The molecule has 21 heavy (non-hydrogen) atoms. The smallest absolute Gasteiger partial charge is 0.243 e. The summed E-state index contributed by atoms with van der Waals surface area (Å²) < 4.78 is 32.9. The Balaban J connectivity index is 2.31. The number of hydrogen-bond acceptors (Lipinski definition) is 3. The van der Waals surface area contributed by atoms with Crippen molar-refractivity contribution in [1.82, 2.24) is 4.31 Å². The van der Waals surface area contributed by atoms with E-state index < -0.39 is 15.6 Å². The number of aryl methyl sites for hydroxylation is 1. The molecule has 4 nitrogen and oxygen atoms in total. The number of hydrogen-bond donors (Lipinski definition) is 0. The van der Waals surface area contributed by atoms with Crippen molar-refractivity contribution in [2.45, 2.75) is 43.7 Å². The number of rotatable bonds is 4. The minimum absolute atomic E-state index is 0.0829. The Hall–Kier alpha value is -0.430. The molecule has 2 rings (SSSR count). The van der Waals surface area contributed by atoms with E-state index >= 15 is 0 Å². The maximum atomic E-state index is 12.9. The van der Waals surface area contributed by atoms with Crippen LogP contribution in [0, 0.1) is 0 Å². The van der Waals surface area contributed by atoms with Gasteiger partial charge in [0.1, 0.15) is 0 Å². The second-order valence-corrected chi connectivity index (χ2v) is 8.71. The van der Waals surface area contributed by atoms with Gasteiger partial charge in [0.15, 0.2) is 0 Å². The van der Waals surface area contributed by atoms with Gasteiger partial charge in [0.25, 0.3) is 0 Å². The summed E-state index contributed by atoms with van der Waals surface area (Å²) in [5, 5.41) is 0.868. The quantitative estimate of drug-likeness (QED) is 0.760. The molecule has 1 aliphatic heterocycles. The molecule has 0 bridgehead atoms. The van der Waals surface area contributed by atoms with Gasteiger partial charge in [-0.2, -0.15) is 4.31 Å². The fourth-order valence-electron chi connectivity index (χ4n) is 2.44. The summed E-state index contributed by atoms with van der Waals surface area (Å²) >= 11 is 3.39. The summed E-state index contributed by atoms with van der Waals surface area (Å²) in [6.45, 7) is 6.50. The fourth-order valence-corrected chi connectivity index (χ4v) is 4.74. The topological polar surface area (TPSA) is 46.6 Å². The van der Waals surface area contributed by atoms with Crippen molar-refractivity contribution in [3.63, 3.8) is 0 Å². The Morgan fingerprint density at radius 1 is 1.33 bits per heavy atom. The molecule has 6 heteroatoms. The summed E-state index contributed by atoms with van der Waals surface area (Å²) in [5.41, 5.74) is 0.597. The molecule has 1 fully saturated rings. The largest absolute Gasteiger partial charge is 0.375 e. The van der Waals surface area contributed by atoms with Crippen LogP contribution < -0.4 is 0 Å². The molecule has 0 saturated carbocycles. The normalized spacial score (nSPS) is 23.1. The lowest BCUT2D eigenvalue weighted by atomic mass is 10.1. The third kappa shape index (κ3) is 3.67. The van der Waals surface area contributed by atoms with Crippen LogP contribution in [0.25, 0.3) is 0 Å². The van der Waals surface area contributed by atoms with Crippen molar-refractivity contribution in [2.24, 2.45) is 0 Å². The highest BCUT2D eigenvalue weighted by molar-refractivity contribution is 9.09. The Bertz CT molecular complexity index is 583. The van der Waals surface area contributed by atoms with Crippen LogP contribution in [0.2, 0.25) is 0 Å². The molecule has 0 radical (unpaired) electrons. The lowest BCUT2D eigenvalue weighted by molar-refractivity contribution is -0.0551. The zero-order valence-corrected chi connectivity index (χ0v) is 15.1. The van der Waals surface area contributed by atoms with Crippen LogP contribution >= 0.6 is 15.9 Å². The summed E-state index contributed by atoms with van der Waals surface area (Å²) in [6, 6.07) is 7.16. The molecular weight excluding hydrogens is 354 g/mol. The zero-order chi connectivity index (χ0) is 15.7. The van der Waals surface area contributed by atoms with E-state index in [2.05, 4.69) is 15.9 Å². The van der Waals surface area contributed by atoms with E-state index in [1.165, 1.54) is 0 Å². The summed E-state index contributed by atoms with van der Waals surface area (Å²) in [6.07, 6.45) is 0.806. The van der Waals surface area contributed by atoms with Crippen LogP contribution in [-0.4, -0.2) is 42.8 Å². The van der Waals surface area contributed by atoms with Gasteiger partial charge in [-0.05, 0) is 44.9 Å². The molecule has 0 spiro atoms. The van der Waals surface area contributed by atoms with Crippen molar-refractivity contribution < 1.29 is 13.2 Å². The second kappa shape index (κ2) is 6.36. The number of benzene rings is 1. The van der Waals surface area contributed by atoms with Gasteiger partial charge in [0, 0.05) is 11.9 Å². The highest BCUT2D eigenvalue weighted by Crippen LogP contribution is 2.29. The van der Waals surface area contributed by atoms with Crippen LogP contribution in [0.5, 0.6) is 0 Å². The number of alkyl halides is 1. The third-order valence-corrected chi connectivity index (χ3v) is 6.20. The van der Waals surface area contributed by atoms with Gasteiger partial charge in [-0.1, -0.05) is 28.1 Å². The van der Waals surface area contributed by atoms with Gasteiger partial charge in [0.2, 0.25) is 10.0 Å². The molecule has 1 aromatic rings. The van der Waals surface area contributed by atoms with Crippen LogP contribution in [0.4, 0.5) is 0 Å². The molecule has 118 valence electrons. The van der Waals surface area contributed by atoms with Crippen LogP contribution in [0.3, 0.4) is 0 Å². The Morgan fingerprint density at radius 2 is 1.95 bits per heavy atom. The summed E-state index contributed by atoms with van der Waals surface area (Å²) in [7, 11) is -3.49. The van der Waals surface area contributed by atoms with Gasteiger partial charge in [-0.25, -0.2) is 8.42 Å². The fraction of sp³-hybridized carbons (Fsp3) is 0.600.